The van der Waals surface area contributed by atoms with Crippen molar-refractivity contribution < 1.29 is 19.0 Å². The van der Waals surface area contributed by atoms with Crippen LogP contribution in [0.4, 0.5) is 0 Å². The number of benzene rings is 1. The first kappa shape index (κ1) is 14.8. The second kappa shape index (κ2) is 7.87. The molecule has 0 unspecified atom stereocenters. The molecule has 1 heterocycles. The first-order valence-electron chi connectivity index (χ1n) is 6.92. The van der Waals surface area contributed by atoms with Gasteiger partial charge in [-0.25, -0.2) is 0 Å². The third-order valence-electron chi connectivity index (χ3n) is 3.17. The number of hydrogen-bond acceptors (Lipinski definition) is 4. The third kappa shape index (κ3) is 4.21. The lowest BCUT2D eigenvalue weighted by Crippen LogP contribution is -2.27. The third-order valence-corrected chi connectivity index (χ3v) is 3.17. The van der Waals surface area contributed by atoms with Crippen molar-refractivity contribution in [1.82, 2.24) is 5.32 Å². The molecule has 20 heavy (non-hydrogen) atoms. The lowest BCUT2D eigenvalue weighted by atomic mass is 10.2. The average molecular weight is 279 g/mol. The van der Waals surface area contributed by atoms with Crippen LogP contribution in [0.5, 0.6) is 5.75 Å². The molecule has 1 saturated heterocycles. The summed E-state index contributed by atoms with van der Waals surface area (Å²) in [4.78, 5) is 12.1. The Bertz CT molecular complexity index is 430. The summed E-state index contributed by atoms with van der Waals surface area (Å²) in [5.74, 6) is 0.447. The Morgan fingerprint density at radius 1 is 1.45 bits per heavy atom. The molecule has 1 N–H and O–H groups in total. The fourth-order valence-corrected chi connectivity index (χ4v) is 2.10. The highest BCUT2D eigenvalue weighted by molar-refractivity contribution is 5.96. The predicted octanol–water partition coefficient (Wildman–Crippen LogP) is 1.62. The monoisotopic (exact) mass is 279 g/mol. The number of carbonyl (C=O) groups excluding carboxylic acids is 1. The summed E-state index contributed by atoms with van der Waals surface area (Å²) in [6.45, 7) is 2.26. The first-order chi connectivity index (χ1) is 9.81. The van der Waals surface area contributed by atoms with Gasteiger partial charge in [0.05, 0.1) is 18.3 Å². The van der Waals surface area contributed by atoms with Gasteiger partial charge in [0.25, 0.3) is 5.91 Å². The van der Waals surface area contributed by atoms with Crippen molar-refractivity contribution in [2.45, 2.75) is 18.9 Å². The molecule has 0 spiro atoms. The van der Waals surface area contributed by atoms with Gasteiger partial charge in [-0.3, -0.25) is 4.79 Å². The van der Waals surface area contributed by atoms with E-state index in [0.29, 0.717) is 31.1 Å². The molecule has 0 bridgehead atoms. The number of methoxy groups -OCH3 is 1. The molecular formula is C15H21NO4. The van der Waals surface area contributed by atoms with E-state index in [1.54, 1.807) is 19.2 Å². The zero-order valence-corrected chi connectivity index (χ0v) is 11.8. The van der Waals surface area contributed by atoms with E-state index in [0.717, 1.165) is 19.4 Å². The Hall–Kier alpha value is -1.59. The fraction of sp³-hybridized carbons (Fsp3) is 0.533. The van der Waals surface area contributed by atoms with Crippen LogP contribution in [0.2, 0.25) is 0 Å². The summed E-state index contributed by atoms with van der Waals surface area (Å²) in [5.41, 5.74) is 0.543. The summed E-state index contributed by atoms with van der Waals surface area (Å²) >= 11 is 0. The van der Waals surface area contributed by atoms with Gasteiger partial charge in [-0.1, -0.05) is 12.1 Å². The highest BCUT2D eigenvalue weighted by Crippen LogP contribution is 2.20. The van der Waals surface area contributed by atoms with Crippen molar-refractivity contribution in [1.29, 1.82) is 0 Å². The van der Waals surface area contributed by atoms with Gasteiger partial charge in [0.1, 0.15) is 12.4 Å². The SMILES string of the molecule is COCCNC(=O)c1ccccc1OC[C@@H]1CCCO1. The van der Waals surface area contributed by atoms with E-state index in [-0.39, 0.29) is 12.0 Å². The molecule has 0 aliphatic carbocycles. The first-order valence-corrected chi connectivity index (χ1v) is 6.92. The van der Waals surface area contributed by atoms with Crippen LogP contribution < -0.4 is 10.1 Å². The molecule has 1 fully saturated rings. The second-order valence-electron chi connectivity index (χ2n) is 4.69. The largest absolute Gasteiger partial charge is 0.490 e. The number of nitrogens with one attached hydrogen (secondary N) is 1. The van der Waals surface area contributed by atoms with Crippen molar-refractivity contribution in [3.8, 4) is 5.75 Å². The molecule has 1 amide bonds. The molecule has 1 aliphatic heterocycles. The van der Waals surface area contributed by atoms with Crippen LogP contribution >= 0.6 is 0 Å². The van der Waals surface area contributed by atoms with Crippen LogP contribution in [-0.4, -0.2) is 45.5 Å². The summed E-state index contributed by atoms with van der Waals surface area (Å²) in [7, 11) is 1.60. The van der Waals surface area contributed by atoms with Crippen LogP contribution in [0.15, 0.2) is 24.3 Å². The van der Waals surface area contributed by atoms with Crippen molar-refractivity contribution in [3.05, 3.63) is 29.8 Å². The molecular weight excluding hydrogens is 258 g/mol. The van der Waals surface area contributed by atoms with Gasteiger partial charge in [-0.05, 0) is 25.0 Å². The molecule has 110 valence electrons. The highest BCUT2D eigenvalue weighted by atomic mass is 16.5. The Kier molecular flexibility index (Phi) is 5.83. The Morgan fingerprint density at radius 2 is 2.30 bits per heavy atom. The van der Waals surface area contributed by atoms with Crippen molar-refractivity contribution in [2.24, 2.45) is 0 Å². The van der Waals surface area contributed by atoms with Gasteiger partial charge >= 0.3 is 0 Å². The Labute approximate surface area is 119 Å². The van der Waals surface area contributed by atoms with Crippen molar-refractivity contribution in [3.63, 3.8) is 0 Å². The molecule has 2 rings (SSSR count). The maximum Gasteiger partial charge on any atom is 0.255 e. The van der Waals surface area contributed by atoms with Crippen LogP contribution in [0.3, 0.4) is 0 Å². The molecule has 5 nitrogen and oxygen atoms in total. The fourth-order valence-electron chi connectivity index (χ4n) is 2.10. The summed E-state index contributed by atoms with van der Waals surface area (Å²) in [6.07, 6.45) is 2.23. The maximum atomic E-state index is 12.1. The van der Waals surface area contributed by atoms with Gasteiger partial charge in [0.2, 0.25) is 0 Å². The Morgan fingerprint density at radius 3 is 3.05 bits per heavy atom. The number of ether oxygens (including phenoxy) is 3. The normalized spacial score (nSPS) is 17.9. The van der Waals surface area contributed by atoms with E-state index in [1.165, 1.54) is 0 Å². The number of rotatable bonds is 7. The molecule has 0 saturated carbocycles. The van der Waals surface area contributed by atoms with Gasteiger partial charge < -0.3 is 19.5 Å². The number of amides is 1. The van der Waals surface area contributed by atoms with E-state index in [9.17, 15) is 4.79 Å². The Balaban J connectivity index is 1.92. The number of hydrogen-bond donors (Lipinski definition) is 1. The minimum Gasteiger partial charge on any atom is -0.490 e. The summed E-state index contributed by atoms with van der Waals surface area (Å²) in [6, 6.07) is 7.24. The summed E-state index contributed by atoms with van der Waals surface area (Å²) in [5, 5.41) is 2.79. The van der Waals surface area contributed by atoms with E-state index < -0.39 is 0 Å². The molecule has 1 atom stereocenters. The molecule has 0 aromatic heterocycles. The van der Waals surface area contributed by atoms with E-state index >= 15 is 0 Å². The minimum absolute atomic E-state index is 0.139. The van der Waals surface area contributed by atoms with Crippen molar-refractivity contribution in [2.75, 3.05) is 33.5 Å². The van der Waals surface area contributed by atoms with Crippen LogP contribution in [0, 0.1) is 0 Å². The zero-order chi connectivity index (χ0) is 14.2. The smallest absolute Gasteiger partial charge is 0.255 e. The van der Waals surface area contributed by atoms with Crippen LogP contribution in [-0.2, 0) is 9.47 Å². The van der Waals surface area contributed by atoms with Gasteiger partial charge in [-0.2, -0.15) is 0 Å². The molecule has 1 aromatic rings. The standard InChI is InChI=1S/C15H21NO4/c1-18-10-8-16-15(17)13-6-2-3-7-14(13)20-11-12-5-4-9-19-12/h2-3,6-7,12H,4-5,8-11H2,1H3,(H,16,17)/t12-/m0/s1. The predicted molar refractivity (Wildman–Crippen MR) is 75.1 cm³/mol. The quantitative estimate of drug-likeness (QED) is 0.771. The van der Waals surface area contributed by atoms with E-state index in [4.69, 9.17) is 14.2 Å². The molecule has 0 radical (unpaired) electrons. The zero-order valence-electron chi connectivity index (χ0n) is 11.8. The molecule has 1 aromatic carbocycles. The molecule has 5 heteroatoms. The highest BCUT2D eigenvalue weighted by Gasteiger charge is 2.18. The lowest BCUT2D eigenvalue weighted by Gasteiger charge is -2.14. The van der Waals surface area contributed by atoms with E-state index in [1.807, 2.05) is 12.1 Å². The average Bonchev–Trinajstić information content (AvgIpc) is 2.99. The second-order valence-corrected chi connectivity index (χ2v) is 4.69. The van der Waals surface area contributed by atoms with Gasteiger partial charge in [-0.15, -0.1) is 0 Å². The molecule has 1 aliphatic rings. The number of carbonyl (C=O) groups is 1. The topological polar surface area (TPSA) is 56.8 Å². The van der Waals surface area contributed by atoms with Gasteiger partial charge in [0.15, 0.2) is 0 Å². The summed E-state index contributed by atoms with van der Waals surface area (Å²) < 4.78 is 16.2. The maximum absolute atomic E-state index is 12.1. The van der Waals surface area contributed by atoms with Gasteiger partial charge in [0, 0.05) is 20.3 Å². The number of para-hydroxylation sites is 1. The van der Waals surface area contributed by atoms with Crippen LogP contribution in [0.25, 0.3) is 0 Å². The van der Waals surface area contributed by atoms with Crippen molar-refractivity contribution >= 4 is 5.91 Å². The lowest BCUT2D eigenvalue weighted by molar-refractivity contribution is 0.0670. The van der Waals surface area contributed by atoms with E-state index in [2.05, 4.69) is 5.32 Å². The van der Waals surface area contributed by atoms with Crippen LogP contribution in [0.1, 0.15) is 23.2 Å². The minimum atomic E-state index is -0.148.